The Balaban J connectivity index is 2.25. The van der Waals surface area contributed by atoms with Crippen molar-refractivity contribution < 1.29 is 24.0 Å². The van der Waals surface area contributed by atoms with Crippen LogP contribution in [-0.2, 0) is 32.8 Å². The zero-order valence-electron chi connectivity index (χ0n) is 27.1. The molecule has 0 radical (unpaired) electrons. The minimum atomic E-state index is -1.26. The third kappa shape index (κ3) is 8.87. The van der Waals surface area contributed by atoms with Gasteiger partial charge in [0.2, 0.25) is 17.6 Å². The maximum atomic E-state index is 13.3. The summed E-state index contributed by atoms with van der Waals surface area (Å²) in [5.74, 6) is -3.32. The average Bonchev–Trinajstić information content (AvgIpc) is 3.40. The highest BCUT2D eigenvalue weighted by molar-refractivity contribution is 6.36. The molecule has 4 N–H and O–H groups in total. The molecule has 2 aromatic rings. The van der Waals surface area contributed by atoms with Gasteiger partial charge in [0.1, 0.15) is 24.0 Å². The number of ketones is 1. The molecule has 0 bridgehead atoms. The van der Waals surface area contributed by atoms with Crippen molar-refractivity contribution in [3.05, 3.63) is 46.6 Å². The Labute approximate surface area is 258 Å². The van der Waals surface area contributed by atoms with Crippen LogP contribution in [0.3, 0.4) is 0 Å². The van der Waals surface area contributed by atoms with Gasteiger partial charge < -0.3 is 25.8 Å². The van der Waals surface area contributed by atoms with Crippen molar-refractivity contribution in [2.45, 2.75) is 92.3 Å². The monoisotopic (exact) mass is 613 g/mol. The molecule has 3 unspecified atom stereocenters. The third-order valence-electron chi connectivity index (χ3n) is 8.40. The van der Waals surface area contributed by atoms with E-state index in [9.17, 15) is 28.8 Å². The summed E-state index contributed by atoms with van der Waals surface area (Å²) in [4.78, 5) is 76.4. The Morgan fingerprint density at radius 2 is 1.70 bits per heavy atom. The van der Waals surface area contributed by atoms with Crippen molar-refractivity contribution in [1.29, 1.82) is 0 Å². The van der Waals surface area contributed by atoms with Gasteiger partial charge in [0.15, 0.2) is 0 Å². The SMILES string of the molecule is CCCC(C)(C(CC)NC(=O)Cn1cccc(NC(=O)C(CCC(=O)C(=O)NC)NC(=O)c2ccnn2C)c1=O)C(C)(C)C. The molecule has 13 nitrogen and oxygen atoms in total. The standard InChI is InChI=1S/C31H47N7O6/c1-9-16-31(6,30(3,4)5)24(10-2)36-25(40)19-38-18-11-12-21(29(38)44)35-26(41)20(13-14-23(39)28(43)32-7)34-27(42)22-15-17-33-37(22)8/h11-12,15,17-18,20,24H,9-10,13-14,16,19H2,1-8H3,(H,32,43)(H,34,42)(H,35,41)(H,36,40). The summed E-state index contributed by atoms with van der Waals surface area (Å²) >= 11 is 0. The fraction of sp³-hybridized carbons (Fsp3) is 0.581. The van der Waals surface area contributed by atoms with Gasteiger partial charge in [-0.15, -0.1) is 0 Å². The molecule has 0 aromatic carbocycles. The van der Waals surface area contributed by atoms with Crippen LogP contribution in [0.5, 0.6) is 0 Å². The van der Waals surface area contributed by atoms with E-state index in [1.54, 1.807) is 7.05 Å². The van der Waals surface area contributed by atoms with Gasteiger partial charge in [-0.3, -0.25) is 33.4 Å². The molecule has 0 spiro atoms. The van der Waals surface area contributed by atoms with Crippen LogP contribution in [0.4, 0.5) is 5.69 Å². The number of pyridine rings is 1. The van der Waals surface area contributed by atoms with Crippen LogP contribution >= 0.6 is 0 Å². The van der Waals surface area contributed by atoms with Gasteiger partial charge >= 0.3 is 0 Å². The Kier molecular flexibility index (Phi) is 12.6. The maximum absolute atomic E-state index is 13.3. The predicted octanol–water partition coefficient (Wildman–Crippen LogP) is 2.16. The van der Waals surface area contributed by atoms with E-state index in [2.05, 4.69) is 61.0 Å². The first-order valence-electron chi connectivity index (χ1n) is 14.9. The van der Waals surface area contributed by atoms with Gasteiger partial charge in [0.05, 0.1) is 0 Å². The van der Waals surface area contributed by atoms with Crippen molar-refractivity contribution in [2.75, 3.05) is 12.4 Å². The highest BCUT2D eigenvalue weighted by atomic mass is 16.2. The average molecular weight is 614 g/mol. The number of aryl methyl sites for hydroxylation is 1. The summed E-state index contributed by atoms with van der Waals surface area (Å²) in [5, 5.41) is 14.4. The molecule has 2 aromatic heterocycles. The van der Waals surface area contributed by atoms with E-state index in [1.165, 1.54) is 46.9 Å². The molecule has 0 saturated carbocycles. The lowest BCUT2D eigenvalue weighted by molar-refractivity contribution is -0.137. The van der Waals surface area contributed by atoms with Crippen LogP contribution in [0.2, 0.25) is 0 Å². The summed E-state index contributed by atoms with van der Waals surface area (Å²) < 4.78 is 2.51. The normalized spacial score (nSPS) is 14.1. The molecule has 242 valence electrons. The van der Waals surface area contributed by atoms with Gasteiger partial charge in [-0.2, -0.15) is 5.10 Å². The van der Waals surface area contributed by atoms with Crippen LogP contribution in [0.15, 0.2) is 35.4 Å². The molecule has 2 heterocycles. The number of hydrogen-bond acceptors (Lipinski definition) is 7. The molecule has 0 aliphatic carbocycles. The Hall–Kier alpha value is -4.29. The lowest BCUT2D eigenvalue weighted by Gasteiger charge is -2.48. The van der Waals surface area contributed by atoms with E-state index in [4.69, 9.17) is 0 Å². The van der Waals surface area contributed by atoms with Crippen molar-refractivity contribution in [3.8, 4) is 0 Å². The third-order valence-corrected chi connectivity index (χ3v) is 8.40. The van der Waals surface area contributed by atoms with E-state index in [1.807, 2.05) is 6.92 Å². The lowest BCUT2D eigenvalue weighted by atomic mass is 9.60. The van der Waals surface area contributed by atoms with Gasteiger partial charge in [-0.05, 0) is 48.3 Å². The molecule has 44 heavy (non-hydrogen) atoms. The number of anilines is 1. The smallest absolute Gasteiger partial charge is 0.287 e. The molecule has 3 atom stereocenters. The number of Topliss-reactive ketones (excluding diaryl/α,β-unsaturated/α-hetero) is 1. The number of carbonyl (C=O) groups is 5. The predicted molar refractivity (Wildman–Crippen MR) is 167 cm³/mol. The maximum Gasteiger partial charge on any atom is 0.287 e. The quantitative estimate of drug-likeness (QED) is 0.223. The van der Waals surface area contributed by atoms with Gasteiger partial charge in [0.25, 0.3) is 17.4 Å². The minimum Gasteiger partial charge on any atom is -0.353 e. The first-order chi connectivity index (χ1) is 20.6. The summed E-state index contributed by atoms with van der Waals surface area (Å²) in [6, 6.07) is 2.99. The van der Waals surface area contributed by atoms with E-state index < -0.39 is 35.1 Å². The molecule has 2 rings (SSSR count). The highest BCUT2D eigenvalue weighted by Crippen LogP contribution is 2.46. The molecular formula is C31H47N7O6. The second kappa shape index (κ2) is 15.4. The number of aromatic nitrogens is 3. The van der Waals surface area contributed by atoms with Gasteiger partial charge in [-0.1, -0.05) is 48.0 Å². The van der Waals surface area contributed by atoms with Crippen molar-refractivity contribution in [1.82, 2.24) is 30.3 Å². The first kappa shape index (κ1) is 35.9. The van der Waals surface area contributed by atoms with Crippen LogP contribution in [-0.4, -0.2) is 62.9 Å². The number of carbonyl (C=O) groups excluding carboxylic acids is 5. The van der Waals surface area contributed by atoms with E-state index >= 15 is 0 Å². The van der Waals surface area contributed by atoms with Gasteiger partial charge in [-0.25, -0.2) is 0 Å². The highest BCUT2D eigenvalue weighted by Gasteiger charge is 2.43. The molecule has 0 aliphatic heterocycles. The molecule has 0 aliphatic rings. The largest absolute Gasteiger partial charge is 0.353 e. The molecule has 13 heteroatoms. The number of amides is 4. The summed E-state index contributed by atoms with van der Waals surface area (Å²) in [6.07, 6.45) is 4.95. The summed E-state index contributed by atoms with van der Waals surface area (Å²) in [5.41, 5.74) is -0.817. The van der Waals surface area contributed by atoms with Crippen LogP contribution < -0.4 is 26.8 Å². The first-order valence-corrected chi connectivity index (χ1v) is 14.9. The van der Waals surface area contributed by atoms with Crippen LogP contribution in [0.1, 0.15) is 84.1 Å². The molecule has 4 amide bonds. The number of hydrogen-bond donors (Lipinski definition) is 4. The second-order valence-electron chi connectivity index (χ2n) is 12.2. The minimum absolute atomic E-state index is 0.0777. The second-order valence-corrected chi connectivity index (χ2v) is 12.2. The number of nitrogens with zero attached hydrogens (tertiary/aromatic N) is 3. The fourth-order valence-electron chi connectivity index (χ4n) is 5.30. The number of likely N-dealkylation sites (N-methyl/N-ethyl adjacent to an activating group) is 1. The van der Waals surface area contributed by atoms with E-state index in [0.29, 0.717) is 0 Å². The topological polar surface area (TPSA) is 173 Å². The number of rotatable bonds is 15. The zero-order valence-corrected chi connectivity index (χ0v) is 27.1. The van der Waals surface area contributed by atoms with Crippen molar-refractivity contribution >= 4 is 35.1 Å². The van der Waals surface area contributed by atoms with Crippen molar-refractivity contribution in [2.24, 2.45) is 17.9 Å². The van der Waals surface area contributed by atoms with Crippen molar-refractivity contribution in [3.63, 3.8) is 0 Å². The van der Waals surface area contributed by atoms with Crippen LogP contribution in [0.25, 0.3) is 0 Å². The molecule has 0 fully saturated rings. The lowest BCUT2D eigenvalue weighted by Crippen LogP contribution is -2.53. The Bertz CT molecular complexity index is 1410. The summed E-state index contributed by atoms with van der Waals surface area (Å²) in [6.45, 7) is 12.6. The Morgan fingerprint density at radius 3 is 2.25 bits per heavy atom. The van der Waals surface area contributed by atoms with Gasteiger partial charge in [0, 0.05) is 39.0 Å². The molecular weight excluding hydrogens is 566 g/mol. The fourth-order valence-corrected chi connectivity index (χ4v) is 5.30. The summed E-state index contributed by atoms with van der Waals surface area (Å²) in [7, 11) is 2.86. The zero-order chi connectivity index (χ0) is 33.2. The van der Waals surface area contributed by atoms with E-state index in [-0.39, 0.29) is 53.5 Å². The number of nitrogens with one attached hydrogen (secondary N) is 4. The van der Waals surface area contributed by atoms with Crippen LogP contribution in [0, 0.1) is 10.8 Å². The Morgan fingerprint density at radius 1 is 1.02 bits per heavy atom. The molecule has 0 saturated heterocycles. The van der Waals surface area contributed by atoms with E-state index in [0.717, 1.165) is 19.3 Å².